The van der Waals surface area contributed by atoms with Crippen LogP contribution in [-0.4, -0.2) is 37.3 Å². The normalized spacial score (nSPS) is 11.1. The molecule has 1 aromatic carbocycles. The number of rotatable bonds is 4. The van der Waals surface area contributed by atoms with Crippen LogP contribution in [0.5, 0.6) is 5.75 Å². The molecule has 0 saturated heterocycles. The molecule has 1 N–H and O–H groups in total. The highest BCUT2D eigenvalue weighted by atomic mass is 16.3. The molecule has 4 heteroatoms. The number of aromatic hydroxyl groups is 1. The standard InChI is InChI=1S/C12H18N3O/c1-15(2,3)8-4-5-10-9-11(16)6-7-12(10)14-13/h6-7,9H,4-5,8H2,1-3H3/q+1/p+1. The lowest BCUT2D eigenvalue weighted by Crippen LogP contribution is -2.35. The summed E-state index contributed by atoms with van der Waals surface area (Å²) in [5.74, 6) is 0.215. The van der Waals surface area contributed by atoms with E-state index in [-0.39, 0.29) is 5.75 Å². The number of hydrogen-bond acceptors (Lipinski definition) is 2. The summed E-state index contributed by atoms with van der Waals surface area (Å²) in [6, 6.07) is 4.81. The first-order valence-corrected chi connectivity index (χ1v) is 5.40. The maximum Gasteiger partial charge on any atom is 0.388 e. The van der Waals surface area contributed by atoms with Crippen LogP contribution in [0.25, 0.3) is 4.98 Å². The van der Waals surface area contributed by atoms with Crippen molar-refractivity contribution in [3.8, 4) is 5.75 Å². The Bertz CT molecular complexity index is 402. The van der Waals surface area contributed by atoms with E-state index in [4.69, 9.17) is 5.39 Å². The fraction of sp³-hybridized carbons (Fsp3) is 0.500. The van der Waals surface area contributed by atoms with E-state index in [0.717, 1.165) is 29.4 Å². The summed E-state index contributed by atoms with van der Waals surface area (Å²) in [4.78, 5) is 3.21. The number of quaternary nitrogens is 1. The predicted molar refractivity (Wildman–Crippen MR) is 64.1 cm³/mol. The Morgan fingerprint density at radius 2 is 2.00 bits per heavy atom. The molecular weight excluding hydrogens is 202 g/mol. The Hall–Kier alpha value is -1.60. The molecule has 0 amide bonds. The summed E-state index contributed by atoms with van der Waals surface area (Å²) in [5, 5.41) is 18.2. The van der Waals surface area contributed by atoms with Crippen LogP contribution in [0.1, 0.15) is 12.0 Å². The molecule has 0 spiro atoms. The monoisotopic (exact) mass is 221 g/mol. The summed E-state index contributed by atoms with van der Waals surface area (Å²) in [6.45, 7) is 1.04. The third-order valence-electron chi connectivity index (χ3n) is 2.45. The summed E-state index contributed by atoms with van der Waals surface area (Å²) in [5.41, 5.74) is 1.43. The molecule has 0 radical (unpaired) electrons. The second kappa shape index (κ2) is 4.95. The lowest BCUT2D eigenvalue weighted by atomic mass is 10.1. The van der Waals surface area contributed by atoms with Gasteiger partial charge >= 0.3 is 5.69 Å². The molecule has 86 valence electrons. The number of aryl methyl sites for hydroxylation is 1. The van der Waals surface area contributed by atoms with Gasteiger partial charge < -0.3 is 9.59 Å². The highest BCUT2D eigenvalue weighted by Gasteiger charge is 2.15. The molecule has 0 aliphatic heterocycles. The van der Waals surface area contributed by atoms with Crippen LogP contribution in [0.3, 0.4) is 0 Å². The van der Waals surface area contributed by atoms with Crippen molar-refractivity contribution in [3.63, 3.8) is 0 Å². The van der Waals surface area contributed by atoms with Gasteiger partial charge in [-0.3, -0.25) is 0 Å². The minimum Gasteiger partial charge on any atom is -0.508 e. The molecule has 0 unspecified atom stereocenters. The number of nitrogens with zero attached hydrogens (tertiary/aromatic N) is 3. The lowest BCUT2D eigenvalue weighted by Gasteiger charge is -2.23. The molecule has 0 bridgehead atoms. The average Bonchev–Trinajstić information content (AvgIpc) is 2.16. The Morgan fingerprint density at radius 1 is 1.31 bits per heavy atom. The minimum absolute atomic E-state index is 0.215. The predicted octanol–water partition coefficient (Wildman–Crippen LogP) is 2.52. The zero-order valence-electron chi connectivity index (χ0n) is 10.1. The van der Waals surface area contributed by atoms with Crippen LogP contribution in [-0.2, 0) is 6.42 Å². The van der Waals surface area contributed by atoms with Crippen LogP contribution in [0.2, 0.25) is 0 Å². The molecule has 0 aliphatic carbocycles. The molecule has 0 aliphatic rings. The van der Waals surface area contributed by atoms with E-state index in [0.29, 0.717) is 5.69 Å². The van der Waals surface area contributed by atoms with E-state index in [1.54, 1.807) is 12.1 Å². The summed E-state index contributed by atoms with van der Waals surface area (Å²) >= 11 is 0. The maximum atomic E-state index is 9.37. The summed E-state index contributed by atoms with van der Waals surface area (Å²) in [7, 11) is 6.42. The first-order valence-electron chi connectivity index (χ1n) is 5.40. The smallest absolute Gasteiger partial charge is 0.388 e. The SMILES string of the molecule is C[N+](C)(C)CCCc1cc(O)ccc1[N+]#N. The average molecular weight is 221 g/mol. The third kappa shape index (κ3) is 3.87. The van der Waals surface area contributed by atoms with Gasteiger partial charge in [-0.15, -0.1) is 0 Å². The number of benzene rings is 1. The fourth-order valence-electron chi connectivity index (χ4n) is 1.61. The van der Waals surface area contributed by atoms with Gasteiger partial charge in [0.1, 0.15) is 5.75 Å². The van der Waals surface area contributed by atoms with Crippen molar-refractivity contribution >= 4 is 5.69 Å². The highest BCUT2D eigenvalue weighted by molar-refractivity contribution is 5.54. The van der Waals surface area contributed by atoms with E-state index in [2.05, 4.69) is 26.1 Å². The van der Waals surface area contributed by atoms with Gasteiger partial charge in [-0.05, 0) is 18.6 Å². The zero-order chi connectivity index (χ0) is 12.2. The minimum atomic E-state index is 0.215. The Kier molecular flexibility index (Phi) is 3.86. The van der Waals surface area contributed by atoms with Gasteiger partial charge in [-0.25, -0.2) is 0 Å². The van der Waals surface area contributed by atoms with Crippen LogP contribution >= 0.6 is 0 Å². The van der Waals surface area contributed by atoms with Crippen LogP contribution in [0.15, 0.2) is 18.2 Å². The maximum absolute atomic E-state index is 9.37. The first-order chi connectivity index (χ1) is 7.42. The number of hydrogen-bond donors (Lipinski definition) is 1. The number of diazo groups is 1. The van der Waals surface area contributed by atoms with Crippen molar-refractivity contribution in [2.45, 2.75) is 12.8 Å². The Balaban J connectivity index is 2.67. The second-order valence-electron chi connectivity index (χ2n) is 5.03. The quantitative estimate of drug-likeness (QED) is 0.627. The molecule has 16 heavy (non-hydrogen) atoms. The van der Waals surface area contributed by atoms with Gasteiger partial charge in [-0.1, -0.05) is 0 Å². The van der Waals surface area contributed by atoms with Crippen molar-refractivity contribution in [1.82, 2.24) is 0 Å². The van der Waals surface area contributed by atoms with Gasteiger partial charge in [0.05, 0.1) is 33.3 Å². The zero-order valence-corrected chi connectivity index (χ0v) is 10.1. The third-order valence-corrected chi connectivity index (χ3v) is 2.45. The van der Waals surface area contributed by atoms with E-state index >= 15 is 0 Å². The van der Waals surface area contributed by atoms with Crippen molar-refractivity contribution in [3.05, 3.63) is 28.7 Å². The Morgan fingerprint density at radius 3 is 2.56 bits per heavy atom. The van der Waals surface area contributed by atoms with Crippen LogP contribution in [0, 0.1) is 5.39 Å². The van der Waals surface area contributed by atoms with Gasteiger partial charge in [0.2, 0.25) is 5.39 Å². The van der Waals surface area contributed by atoms with Crippen molar-refractivity contribution in [2.75, 3.05) is 27.7 Å². The number of phenols is 1. The molecular formula is C12H19N3O+2. The van der Waals surface area contributed by atoms with Crippen molar-refractivity contribution in [1.29, 1.82) is 5.39 Å². The van der Waals surface area contributed by atoms with Crippen molar-refractivity contribution < 1.29 is 9.59 Å². The topological polar surface area (TPSA) is 48.4 Å². The van der Waals surface area contributed by atoms with E-state index in [1.165, 1.54) is 6.07 Å². The molecule has 0 atom stereocenters. The molecule has 0 fully saturated rings. The second-order valence-corrected chi connectivity index (χ2v) is 5.03. The van der Waals surface area contributed by atoms with Gasteiger partial charge in [-0.2, -0.15) is 0 Å². The highest BCUT2D eigenvalue weighted by Crippen LogP contribution is 2.25. The fourth-order valence-corrected chi connectivity index (χ4v) is 1.61. The largest absolute Gasteiger partial charge is 0.508 e. The Labute approximate surface area is 96.3 Å². The molecule has 4 nitrogen and oxygen atoms in total. The number of phenolic OH excluding ortho intramolecular Hbond substituents is 1. The van der Waals surface area contributed by atoms with Gasteiger partial charge in [0.25, 0.3) is 0 Å². The van der Waals surface area contributed by atoms with Gasteiger partial charge in [0, 0.05) is 12.5 Å². The molecule has 1 aromatic rings. The first kappa shape index (κ1) is 12.5. The van der Waals surface area contributed by atoms with Gasteiger partial charge in [0.15, 0.2) is 4.98 Å². The molecule has 1 rings (SSSR count). The molecule has 0 aromatic heterocycles. The van der Waals surface area contributed by atoms with Crippen molar-refractivity contribution in [2.24, 2.45) is 0 Å². The van der Waals surface area contributed by atoms with Crippen LogP contribution < -0.4 is 0 Å². The van der Waals surface area contributed by atoms with Crippen LogP contribution in [0.4, 0.5) is 5.69 Å². The van der Waals surface area contributed by atoms with E-state index < -0.39 is 0 Å². The molecule has 0 saturated carbocycles. The summed E-state index contributed by atoms with van der Waals surface area (Å²) in [6.07, 6.45) is 1.80. The lowest BCUT2D eigenvalue weighted by molar-refractivity contribution is -0.870. The van der Waals surface area contributed by atoms with E-state index in [9.17, 15) is 5.11 Å². The summed E-state index contributed by atoms with van der Waals surface area (Å²) < 4.78 is 0.907. The molecule has 0 heterocycles. The van der Waals surface area contributed by atoms with E-state index in [1.807, 2.05) is 0 Å².